The molecule has 0 aliphatic carbocycles. The number of thiazole rings is 2. The first-order valence-corrected chi connectivity index (χ1v) is 25.5. The molecule has 2 aliphatic heterocycles. The summed E-state index contributed by atoms with van der Waals surface area (Å²) in [6, 6.07) is 22.8. The van der Waals surface area contributed by atoms with E-state index in [4.69, 9.17) is 24.4 Å². The molecule has 0 radical (unpaired) electrons. The number of carbonyl (C=O) groups is 2. The van der Waals surface area contributed by atoms with Crippen LogP contribution in [0.5, 0.6) is 0 Å². The molecule has 2 saturated heterocycles. The van der Waals surface area contributed by atoms with Crippen LogP contribution in [0.4, 0.5) is 21.6 Å². The van der Waals surface area contributed by atoms with Crippen LogP contribution in [0.25, 0.3) is 11.1 Å². The standard InChI is InChI=1S/C25H26N4O2S.C21H23IN4OS.C4H5BO3/c1-18-13-23(24(30)26-21-7-5-19(6-8-21)20-9-12-31-16-20)29(14-18)15-22-17-32-25(27-22)28-10-3-2-4-11-28;1-15-11-19(20(27)23-17-7-5-16(22)6-8-17)26(12-15)13-18-14-28-21(24-18)25-9-3-2-4-10-25;6-5(7)4-1-2-8-3-4/h5-9,12-14,16-17H,2-4,10-11,15H2,1H3,(H,26,30);5-8,11-12,14H,2-4,9-10,13H2,1H3,(H,23,27);1-3,6-7H. The van der Waals surface area contributed by atoms with Crippen molar-refractivity contribution in [3.8, 4) is 11.1 Å². The van der Waals surface area contributed by atoms with Gasteiger partial charge in [0, 0.05) is 75.3 Å². The number of aromatic nitrogens is 4. The molecule has 2 aromatic carbocycles. The quantitative estimate of drug-likeness (QED) is 0.0683. The van der Waals surface area contributed by atoms with Gasteiger partial charge in [-0.15, -0.1) is 22.7 Å². The van der Waals surface area contributed by atoms with Crippen molar-refractivity contribution in [1.29, 1.82) is 0 Å². The van der Waals surface area contributed by atoms with Crippen LogP contribution in [-0.4, -0.2) is 74.3 Å². The van der Waals surface area contributed by atoms with E-state index in [1.807, 2.05) is 102 Å². The number of nitrogens with zero attached hydrogens (tertiary/aromatic N) is 6. The molecule has 0 atom stereocenters. The van der Waals surface area contributed by atoms with E-state index in [9.17, 15) is 9.59 Å². The summed E-state index contributed by atoms with van der Waals surface area (Å²) in [7, 11) is -1.41. The lowest BCUT2D eigenvalue weighted by atomic mass is 9.83. The SMILES string of the molecule is Cc1cc(C(=O)Nc2ccc(-c3ccoc3)cc2)n(Cc2csc(N3CCCCC3)n2)c1.Cc1cc(C(=O)Nc2ccc(I)cc2)n(Cc2csc(N3CCCCC3)n2)c1.OB(O)c1ccoc1. The molecular formula is C50H54BIN8O6S2. The van der Waals surface area contributed by atoms with Gasteiger partial charge in [-0.05, 0) is 152 Å². The number of nitrogens with one attached hydrogen (secondary N) is 2. The fourth-order valence-electron chi connectivity index (χ4n) is 8.02. The van der Waals surface area contributed by atoms with Gasteiger partial charge in [0.2, 0.25) is 0 Å². The van der Waals surface area contributed by atoms with E-state index in [0.717, 1.165) is 85.0 Å². The van der Waals surface area contributed by atoms with Crippen LogP contribution >= 0.6 is 45.3 Å². The summed E-state index contributed by atoms with van der Waals surface area (Å²) in [5.41, 5.74) is 9.40. The minimum Gasteiger partial charge on any atom is -0.473 e. The van der Waals surface area contributed by atoms with Crippen molar-refractivity contribution in [3.63, 3.8) is 0 Å². The molecule has 0 saturated carbocycles. The van der Waals surface area contributed by atoms with Crippen LogP contribution < -0.4 is 25.9 Å². The highest BCUT2D eigenvalue weighted by Gasteiger charge is 2.20. The normalized spacial score (nSPS) is 13.5. The van der Waals surface area contributed by atoms with Crippen molar-refractivity contribution in [2.24, 2.45) is 0 Å². The fraction of sp³-hybridized carbons (Fsp3) is 0.280. The van der Waals surface area contributed by atoms with Gasteiger partial charge in [0.05, 0.1) is 49.5 Å². The Bertz CT molecular complexity index is 2830. The van der Waals surface area contributed by atoms with E-state index >= 15 is 0 Å². The van der Waals surface area contributed by atoms with Crippen LogP contribution in [-0.2, 0) is 13.1 Å². The van der Waals surface area contributed by atoms with Gasteiger partial charge in [0.1, 0.15) is 11.4 Å². The van der Waals surface area contributed by atoms with Crippen molar-refractivity contribution in [2.75, 3.05) is 46.6 Å². The number of hydrogen-bond acceptors (Lipinski definition) is 12. The molecule has 14 nitrogen and oxygen atoms in total. The number of hydrogen-bond donors (Lipinski definition) is 4. The lowest BCUT2D eigenvalue weighted by Crippen LogP contribution is -2.29. The summed E-state index contributed by atoms with van der Waals surface area (Å²) in [6.07, 6.45) is 17.6. The second-order valence-corrected chi connectivity index (χ2v) is 19.8. The van der Waals surface area contributed by atoms with Crippen LogP contribution in [0.2, 0.25) is 0 Å². The third-order valence-corrected chi connectivity index (χ3v) is 14.1. The Morgan fingerprint density at radius 1 is 0.647 bits per heavy atom. The molecule has 0 bridgehead atoms. The van der Waals surface area contributed by atoms with Gasteiger partial charge < -0.3 is 48.4 Å². The number of benzene rings is 2. The molecular weight excluding hydrogens is 1010 g/mol. The number of carbonyl (C=O) groups excluding carboxylic acids is 2. The Labute approximate surface area is 418 Å². The summed E-state index contributed by atoms with van der Waals surface area (Å²) in [4.78, 5) is 40.3. The lowest BCUT2D eigenvalue weighted by Gasteiger charge is -2.25. The molecule has 8 aromatic rings. The Kier molecular flexibility index (Phi) is 16.7. The van der Waals surface area contributed by atoms with Crippen molar-refractivity contribution in [1.82, 2.24) is 19.1 Å². The van der Waals surface area contributed by atoms with Crippen molar-refractivity contribution < 1.29 is 28.5 Å². The zero-order chi connectivity index (χ0) is 47.4. The second-order valence-electron chi connectivity index (χ2n) is 16.8. The van der Waals surface area contributed by atoms with Gasteiger partial charge in [0.15, 0.2) is 10.3 Å². The molecule has 6 aromatic heterocycles. The van der Waals surface area contributed by atoms with Gasteiger partial charge in [0.25, 0.3) is 11.8 Å². The molecule has 8 heterocycles. The second kappa shape index (κ2) is 23.4. The van der Waals surface area contributed by atoms with E-state index < -0.39 is 7.12 Å². The Hall–Kier alpha value is -5.93. The third kappa shape index (κ3) is 13.2. The van der Waals surface area contributed by atoms with E-state index in [1.165, 1.54) is 57.1 Å². The van der Waals surface area contributed by atoms with Gasteiger partial charge in [-0.1, -0.05) is 12.1 Å². The number of anilines is 4. The highest BCUT2D eigenvalue weighted by atomic mass is 127. The monoisotopic (exact) mass is 1060 g/mol. The molecule has 4 N–H and O–H groups in total. The predicted molar refractivity (Wildman–Crippen MR) is 281 cm³/mol. The summed E-state index contributed by atoms with van der Waals surface area (Å²) in [6.45, 7) is 9.57. The zero-order valence-corrected chi connectivity index (χ0v) is 41.8. The summed E-state index contributed by atoms with van der Waals surface area (Å²) in [5, 5.41) is 29.2. The number of rotatable bonds is 12. The number of aryl methyl sites for hydroxylation is 2. The van der Waals surface area contributed by atoms with Gasteiger partial charge in [-0.25, -0.2) is 9.97 Å². The summed E-state index contributed by atoms with van der Waals surface area (Å²) < 4.78 is 14.8. The van der Waals surface area contributed by atoms with Gasteiger partial charge in [-0.2, -0.15) is 0 Å². The number of piperidine rings is 2. The van der Waals surface area contributed by atoms with E-state index in [1.54, 1.807) is 35.2 Å². The van der Waals surface area contributed by atoms with Crippen LogP contribution in [0, 0.1) is 17.4 Å². The van der Waals surface area contributed by atoms with Gasteiger partial charge in [-0.3, -0.25) is 9.59 Å². The lowest BCUT2D eigenvalue weighted by molar-refractivity contribution is 0.101. The van der Waals surface area contributed by atoms with Crippen LogP contribution in [0.3, 0.4) is 0 Å². The minimum atomic E-state index is -1.41. The number of halogens is 1. The van der Waals surface area contributed by atoms with Crippen molar-refractivity contribution in [2.45, 2.75) is 65.5 Å². The number of amides is 2. The molecule has 18 heteroatoms. The van der Waals surface area contributed by atoms with E-state index in [2.05, 4.69) is 58.2 Å². The van der Waals surface area contributed by atoms with Crippen molar-refractivity contribution in [3.05, 3.63) is 158 Å². The summed E-state index contributed by atoms with van der Waals surface area (Å²) in [5.74, 6) is -0.221. The van der Waals surface area contributed by atoms with Crippen molar-refractivity contribution >= 4 is 91.3 Å². The average molecular weight is 1060 g/mol. The molecule has 68 heavy (non-hydrogen) atoms. The first kappa shape index (κ1) is 48.5. The predicted octanol–water partition coefficient (Wildman–Crippen LogP) is 9.91. The van der Waals surface area contributed by atoms with E-state index in [-0.39, 0.29) is 11.8 Å². The topological polar surface area (TPSA) is 167 Å². The molecule has 2 aliphatic rings. The molecule has 0 unspecified atom stereocenters. The maximum Gasteiger partial charge on any atom is 0.491 e. The van der Waals surface area contributed by atoms with Crippen LogP contribution in [0.15, 0.2) is 130 Å². The molecule has 2 amide bonds. The highest BCUT2D eigenvalue weighted by Crippen LogP contribution is 2.27. The third-order valence-electron chi connectivity index (χ3n) is 11.5. The van der Waals surface area contributed by atoms with Crippen LogP contribution in [0.1, 0.15) is 82.0 Å². The first-order valence-electron chi connectivity index (χ1n) is 22.7. The van der Waals surface area contributed by atoms with E-state index in [0.29, 0.717) is 29.9 Å². The molecule has 0 spiro atoms. The molecule has 10 rings (SSSR count). The average Bonchev–Trinajstić information content (AvgIpc) is 4.22. The maximum absolute atomic E-state index is 13.0. The highest BCUT2D eigenvalue weighted by molar-refractivity contribution is 14.1. The fourth-order valence-corrected chi connectivity index (χ4v) is 10.1. The Balaban J connectivity index is 0.000000159. The largest absolute Gasteiger partial charge is 0.491 e. The molecule has 352 valence electrons. The smallest absolute Gasteiger partial charge is 0.473 e. The first-order chi connectivity index (χ1) is 33.0. The zero-order valence-electron chi connectivity index (χ0n) is 38.0. The summed E-state index contributed by atoms with van der Waals surface area (Å²) >= 11 is 5.65. The Morgan fingerprint density at radius 2 is 1.12 bits per heavy atom. The minimum absolute atomic E-state index is 0.0965. The number of furan rings is 2. The maximum atomic E-state index is 13.0. The molecule has 2 fully saturated rings. The Morgan fingerprint density at radius 3 is 1.54 bits per heavy atom. The van der Waals surface area contributed by atoms with Gasteiger partial charge >= 0.3 is 7.12 Å².